The van der Waals surface area contributed by atoms with Gasteiger partial charge in [0.1, 0.15) is 0 Å². The van der Waals surface area contributed by atoms with Crippen LogP contribution in [0.5, 0.6) is 0 Å². The first kappa shape index (κ1) is 9.42. The van der Waals surface area contributed by atoms with Gasteiger partial charge in [0, 0.05) is 5.70 Å². The number of likely N-dealkylation sites (N-methyl/N-ethyl adjacent to an activating group) is 2. The minimum absolute atomic E-state index is 0.0344. The van der Waals surface area contributed by atoms with Gasteiger partial charge in [-0.15, -0.1) is 0 Å². The number of hydrogen-bond acceptors (Lipinski definition) is 4. The molecule has 0 saturated heterocycles. The van der Waals surface area contributed by atoms with Gasteiger partial charge in [0.05, 0.1) is 12.8 Å². The van der Waals surface area contributed by atoms with Gasteiger partial charge in [0.2, 0.25) is 0 Å². The van der Waals surface area contributed by atoms with E-state index in [4.69, 9.17) is 10.8 Å². The van der Waals surface area contributed by atoms with Crippen LogP contribution in [-0.2, 0) is 0 Å². The summed E-state index contributed by atoms with van der Waals surface area (Å²) in [5.74, 6) is 0. The van der Waals surface area contributed by atoms with E-state index in [1.54, 1.807) is 6.08 Å². The highest BCUT2D eigenvalue weighted by Crippen LogP contribution is 1.84. The molecule has 0 aliphatic carbocycles. The Morgan fingerprint density at radius 1 is 1.60 bits per heavy atom. The SMILES string of the molecule is CNC(/C=C(\N)CO)NC. The lowest BCUT2D eigenvalue weighted by molar-refractivity contribution is 0.328. The molecule has 4 nitrogen and oxygen atoms in total. The minimum Gasteiger partial charge on any atom is -0.400 e. The average molecular weight is 145 g/mol. The second kappa shape index (κ2) is 5.22. The third kappa shape index (κ3) is 3.45. The van der Waals surface area contributed by atoms with Crippen LogP contribution in [-0.4, -0.2) is 32.0 Å². The lowest BCUT2D eigenvalue weighted by Crippen LogP contribution is -2.36. The van der Waals surface area contributed by atoms with E-state index in [9.17, 15) is 0 Å². The van der Waals surface area contributed by atoms with Crippen molar-refractivity contribution in [2.45, 2.75) is 6.17 Å². The van der Waals surface area contributed by atoms with Crippen molar-refractivity contribution in [1.29, 1.82) is 0 Å². The topological polar surface area (TPSA) is 70.3 Å². The summed E-state index contributed by atoms with van der Waals surface area (Å²) in [7, 11) is 3.62. The summed E-state index contributed by atoms with van der Waals surface area (Å²) in [6.07, 6.45) is 1.76. The molecule has 0 unspecified atom stereocenters. The molecule has 0 bridgehead atoms. The molecular weight excluding hydrogens is 130 g/mol. The monoisotopic (exact) mass is 145 g/mol. The molecule has 0 atom stereocenters. The lowest BCUT2D eigenvalue weighted by Gasteiger charge is -2.10. The van der Waals surface area contributed by atoms with Crippen LogP contribution in [0.25, 0.3) is 0 Å². The number of rotatable bonds is 4. The Balaban J connectivity index is 3.80. The largest absolute Gasteiger partial charge is 0.400 e. The van der Waals surface area contributed by atoms with Crippen LogP contribution >= 0.6 is 0 Å². The maximum absolute atomic E-state index is 8.53. The van der Waals surface area contributed by atoms with E-state index in [1.165, 1.54) is 0 Å². The molecule has 0 aromatic rings. The fourth-order valence-electron chi connectivity index (χ4n) is 0.578. The minimum atomic E-state index is -0.0974. The molecule has 5 N–H and O–H groups in total. The molecule has 0 radical (unpaired) electrons. The molecular formula is C6H15N3O. The third-order valence-electron chi connectivity index (χ3n) is 1.19. The van der Waals surface area contributed by atoms with Crippen molar-refractivity contribution in [3.05, 3.63) is 11.8 Å². The second-order valence-electron chi connectivity index (χ2n) is 1.95. The van der Waals surface area contributed by atoms with Crippen molar-refractivity contribution in [1.82, 2.24) is 10.6 Å². The summed E-state index contributed by atoms with van der Waals surface area (Å²) in [4.78, 5) is 0. The standard InChI is InChI=1S/C6H15N3O/c1-8-6(9-2)3-5(7)4-10/h3,6,8-10H,4,7H2,1-2H3/b5-3-. The van der Waals surface area contributed by atoms with Gasteiger partial charge in [0.15, 0.2) is 0 Å². The van der Waals surface area contributed by atoms with Gasteiger partial charge in [-0.05, 0) is 20.2 Å². The first-order valence-electron chi connectivity index (χ1n) is 3.16. The van der Waals surface area contributed by atoms with Crippen molar-refractivity contribution < 1.29 is 5.11 Å². The number of nitrogens with two attached hydrogens (primary N) is 1. The van der Waals surface area contributed by atoms with Crippen LogP contribution in [0.3, 0.4) is 0 Å². The maximum atomic E-state index is 8.53. The Labute approximate surface area is 61.1 Å². The molecule has 10 heavy (non-hydrogen) atoms. The van der Waals surface area contributed by atoms with Gasteiger partial charge in [-0.25, -0.2) is 0 Å². The highest BCUT2D eigenvalue weighted by molar-refractivity contribution is 5.01. The molecule has 0 aromatic heterocycles. The highest BCUT2D eigenvalue weighted by Gasteiger charge is 1.96. The Hall–Kier alpha value is -0.580. The van der Waals surface area contributed by atoms with Crippen LogP contribution in [0.1, 0.15) is 0 Å². The predicted octanol–water partition coefficient (Wildman–Crippen LogP) is -1.41. The number of aliphatic hydroxyl groups excluding tert-OH is 1. The third-order valence-corrected chi connectivity index (χ3v) is 1.19. The summed E-state index contributed by atoms with van der Waals surface area (Å²) >= 11 is 0. The van der Waals surface area contributed by atoms with Crippen molar-refractivity contribution in [2.75, 3.05) is 20.7 Å². The summed E-state index contributed by atoms with van der Waals surface area (Å²) < 4.78 is 0. The van der Waals surface area contributed by atoms with E-state index in [2.05, 4.69) is 10.6 Å². The van der Waals surface area contributed by atoms with Crippen molar-refractivity contribution >= 4 is 0 Å². The Morgan fingerprint density at radius 2 is 2.10 bits per heavy atom. The molecule has 0 aliphatic rings. The van der Waals surface area contributed by atoms with Gasteiger partial charge < -0.3 is 21.5 Å². The Kier molecular flexibility index (Phi) is 4.92. The van der Waals surface area contributed by atoms with Crippen LogP contribution in [0.4, 0.5) is 0 Å². The molecule has 60 valence electrons. The molecule has 0 fully saturated rings. The summed E-state index contributed by atoms with van der Waals surface area (Å²) in [6, 6.07) is 0. The van der Waals surface area contributed by atoms with E-state index in [1.807, 2.05) is 14.1 Å². The van der Waals surface area contributed by atoms with Crippen molar-refractivity contribution in [2.24, 2.45) is 5.73 Å². The van der Waals surface area contributed by atoms with Gasteiger partial charge in [-0.3, -0.25) is 0 Å². The first-order chi connectivity index (χ1) is 4.74. The molecule has 0 heterocycles. The van der Waals surface area contributed by atoms with Crippen molar-refractivity contribution in [3.63, 3.8) is 0 Å². The zero-order chi connectivity index (χ0) is 7.98. The lowest BCUT2D eigenvalue weighted by atomic mass is 10.3. The normalized spacial score (nSPS) is 12.6. The first-order valence-corrected chi connectivity index (χ1v) is 3.16. The molecule has 4 heteroatoms. The van der Waals surface area contributed by atoms with Gasteiger partial charge >= 0.3 is 0 Å². The number of hydrogen-bond donors (Lipinski definition) is 4. The van der Waals surface area contributed by atoms with Crippen LogP contribution < -0.4 is 16.4 Å². The summed E-state index contributed by atoms with van der Waals surface area (Å²) in [5, 5.41) is 14.4. The van der Waals surface area contributed by atoms with E-state index < -0.39 is 0 Å². The van der Waals surface area contributed by atoms with Crippen LogP contribution in [0.15, 0.2) is 11.8 Å². The average Bonchev–Trinajstić information content (AvgIpc) is 1.99. The Bertz CT molecular complexity index is 110. The highest BCUT2D eigenvalue weighted by atomic mass is 16.3. The van der Waals surface area contributed by atoms with E-state index in [0.717, 1.165) is 0 Å². The smallest absolute Gasteiger partial charge is 0.0823 e. The molecule has 0 amide bonds. The fourth-order valence-corrected chi connectivity index (χ4v) is 0.578. The van der Waals surface area contributed by atoms with Gasteiger partial charge in [-0.1, -0.05) is 0 Å². The Morgan fingerprint density at radius 3 is 2.40 bits per heavy atom. The summed E-state index contributed by atoms with van der Waals surface area (Å²) in [5.41, 5.74) is 5.82. The van der Waals surface area contributed by atoms with Crippen molar-refractivity contribution in [3.8, 4) is 0 Å². The molecule has 0 aromatic carbocycles. The van der Waals surface area contributed by atoms with E-state index in [0.29, 0.717) is 5.70 Å². The van der Waals surface area contributed by atoms with Crippen LogP contribution in [0, 0.1) is 0 Å². The van der Waals surface area contributed by atoms with Crippen LogP contribution in [0.2, 0.25) is 0 Å². The second-order valence-corrected chi connectivity index (χ2v) is 1.95. The van der Waals surface area contributed by atoms with Gasteiger partial charge in [-0.2, -0.15) is 0 Å². The zero-order valence-corrected chi connectivity index (χ0v) is 6.39. The molecule has 0 rings (SSSR count). The predicted molar refractivity (Wildman–Crippen MR) is 41.3 cm³/mol. The quantitative estimate of drug-likeness (QED) is 0.367. The molecule has 0 aliphatic heterocycles. The van der Waals surface area contributed by atoms with Gasteiger partial charge in [0.25, 0.3) is 0 Å². The van der Waals surface area contributed by atoms with E-state index >= 15 is 0 Å². The fraction of sp³-hybridized carbons (Fsp3) is 0.667. The molecule has 0 spiro atoms. The van der Waals surface area contributed by atoms with E-state index in [-0.39, 0.29) is 12.8 Å². The summed E-state index contributed by atoms with van der Waals surface area (Å²) in [6.45, 7) is -0.0974. The molecule has 0 saturated carbocycles. The maximum Gasteiger partial charge on any atom is 0.0823 e. The zero-order valence-electron chi connectivity index (χ0n) is 6.39. The number of aliphatic hydroxyl groups is 1. The number of nitrogens with one attached hydrogen (secondary N) is 2.